The predicted octanol–water partition coefficient (Wildman–Crippen LogP) is 5.69. The topological polar surface area (TPSA) is 84.7 Å². The fraction of sp³-hybridized carbons (Fsp3) is 0.481. The van der Waals surface area contributed by atoms with Gasteiger partial charge < -0.3 is 10.1 Å². The number of ether oxygens (including phenoxy) is 1. The maximum Gasteiger partial charge on any atom is 0.265 e. The van der Waals surface area contributed by atoms with E-state index in [2.05, 4.69) is 59.0 Å². The van der Waals surface area contributed by atoms with E-state index in [9.17, 15) is 9.59 Å². The lowest BCUT2D eigenvalue weighted by Crippen LogP contribution is -2.33. The van der Waals surface area contributed by atoms with Crippen LogP contribution in [0.2, 0.25) is 0 Å². The van der Waals surface area contributed by atoms with E-state index in [-0.39, 0.29) is 16.7 Å². The lowest BCUT2D eigenvalue weighted by molar-refractivity contribution is -0.122. The van der Waals surface area contributed by atoms with Gasteiger partial charge in [0, 0.05) is 11.3 Å². The van der Waals surface area contributed by atoms with Crippen LogP contribution in [-0.4, -0.2) is 18.4 Å². The van der Waals surface area contributed by atoms with Crippen LogP contribution in [0.3, 0.4) is 0 Å². The van der Waals surface area contributed by atoms with Crippen molar-refractivity contribution in [1.82, 2.24) is 0 Å². The van der Waals surface area contributed by atoms with Crippen molar-refractivity contribution in [2.75, 3.05) is 10.3 Å². The normalized spacial score (nSPS) is 12.7. The second-order valence-electron chi connectivity index (χ2n) is 9.75. The highest BCUT2D eigenvalue weighted by Gasteiger charge is 2.28. The van der Waals surface area contributed by atoms with Gasteiger partial charge in [0.25, 0.3) is 5.91 Å². The summed E-state index contributed by atoms with van der Waals surface area (Å²) in [6.07, 6.45) is 2.40. The Balaban J connectivity index is 2.29. The molecule has 0 aliphatic rings. The van der Waals surface area contributed by atoms with Gasteiger partial charge in [0.15, 0.2) is 6.10 Å². The summed E-state index contributed by atoms with van der Waals surface area (Å²) in [5.74, 6) is 6.10. The third-order valence-electron chi connectivity index (χ3n) is 6.74. The molecule has 6 heteroatoms. The first kappa shape index (κ1) is 26.4. The predicted molar refractivity (Wildman–Crippen MR) is 136 cm³/mol. The SMILES string of the molecule is CCC(Oc1ccc(C(C)(C)CC)cc1C(C)(C)CC)C(=O)Nc1ccc(N(N)C=O)cc1. The molecule has 180 valence electrons. The van der Waals surface area contributed by atoms with Crippen molar-refractivity contribution in [3.8, 4) is 5.75 Å². The van der Waals surface area contributed by atoms with Crippen molar-refractivity contribution in [2.45, 2.75) is 84.7 Å². The molecule has 3 N–H and O–H groups in total. The van der Waals surface area contributed by atoms with Crippen molar-refractivity contribution in [1.29, 1.82) is 0 Å². The first-order chi connectivity index (χ1) is 15.5. The number of nitrogens with one attached hydrogen (secondary N) is 1. The fourth-order valence-electron chi connectivity index (χ4n) is 3.45. The summed E-state index contributed by atoms with van der Waals surface area (Å²) >= 11 is 0. The summed E-state index contributed by atoms with van der Waals surface area (Å²) in [6.45, 7) is 15.2. The van der Waals surface area contributed by atoms with Crippen molar-refractivity contribution < 1.29 is 14.3 Å². The Morgan fingerprint density at radius 2 is 1.64 bits per heavy atom. The van der Waals surface area contributed by atoms with Gasteiger partial charge in [-0.2, -0.15) is 0 Å². The fourth-order valence-corrected chi connectivity index (χ4v) is 3.45. The summed E-state index contributed by atoms with van der Waals surface area (Å²) in [4.78, 5) is 23.8. The molecule has 0 fully saturated rings. The second-order valence-corrected chi connectivity index (χ2v) is 9.75. The Morgan fingerprint density at radius 3 is 2.15 bits per heavy atom. The van der Waals surface area contributed by atoms with Crippen LogP contribution in [0.1, 0.15) is 78.9 Å². The smallest absolute Gasteiger partial charge is 0.265 e. The number of hydrazine groups is 1. The molecule has 0 heterocycles. The molecule has 0 spiro atoms. The number of benzene rings is 2. The van der Waals surface area contributed by atoms with Crippen LogP contribution in [0, 0.1) is 0 Å². The number of nitrogens with zero attached hydrogens (tertiary/aromatic N) is 1. The Kier molecular flexibility index (Phi) is 8.67. The standard InChI is InChI=1S/C27H39N3O3/c1-8-23(25(32)29-20-12-14-21(15-13-20)30(28)18-31)33-24-16-11-19(26(4,5)9-2)17-22(24)27(6,7)10-3/h11-18,23H,8-10,28H2,1-7H3,(H,29,32). The maximum atomic E-state index is 13.0. The lowest BCUT2D eigenvalue weighted by atomic mass is 9.76. The van der Waals surface area contributed by atoms with Gasteiger partial charge >= 0.3 is 0 Å². The van der Waals surface area contributed by atoms with Crippen LogP contribution in [0.5, 0.6) is 5.75 Å². The summed E-state index contributed by atoms with van der Waals surface area (Å²) in [6, 6.07) is 13.1. The summed E-state index contributed by atoms with van der Waals surface area (Å²) in [5.41, 5.74) is 3.51. The summed E-state index contributed by atoms with van der Waals surface area (Å²) in [5, 5.41) is 3.88. The Labute approximate surface area is 198 Å². The summed E-state index contributed by atoms with van der Waals surface area (Å²) in [7, 11) is 0. The van der Waals surface area contributed by atoms with E-state index in [1.165, 1.54) is 5.56 Å². The highest BCUT2D eigenvalue weighted by Crippen LogP contribution is 2.39. The number of carbonyl (C=O) groups excluding carboxylic acids is 2. The highest BCUT2D eigenvalue weighted by atomic mass is 16.5. The quantitative estimate of drug-likeness (QED) is 0.198. The number of carbonyl (C=O) groups is 2. The molecule has 2 rings (SSSR count). The molecule has 0 aliphatic heterocycles. The third-order valence-corrected chi connectivity index (χ3v) is 6.74. The zero-order valence-corrected chi connectivity index (χ0v) is 21.1. The van der Waals surface area contributed by atoms with E-state index in [0.717, 1.165) is 29.2 Å². The largest absolute Gasteiger partial charge is 0.480 e. The van der Waals surface area contributed by atoms with Crippen LogP contribution in [0.4, 0.5) is 11.4 Å². The van der Waals surface area contributed by atoms with Crippen LogP contribution >= 0.6 is 0 Å². The monoisotopic (exact) mass is 453 g/mol. The zero-order valence-electron chi connectivity index (χ0n) is 21.1. The number of amides is 2. The van der Waals surface area contributed by atoms with E-state index >= 15 is 0 Å². The average molecular weight is 454 g/mol. The molecule has 0 saturated carbocycles. The molecule has 2 aromatic carbocycles. The van der Waals surface area contributed by atoms with E-state index in [0.29, 0.717) is 24.2 Å². The number of rotatable bonds is 11. The molecule has 0 bridgehead atoms. The minimum Gasteiger partial charge on any atom is -0.480 e. The molecule has 1 atom stereocenters. The van der Waals surface area contributed by atoms with Crippen molar-refractivity contribution in [2.24, 2.45) is 5.84 Å². The van der Waals surface area contributed by atoms with E-state index in [1.54, 1.807) is 24.3 Å². The van der Waals surface area contributed by atoms with Crippen molar-refractivity contribution in [3.63, 3.8) is 0 Å². The Morgan fingerprint density at radius 1 is 1.03 bits per heavy atom. The van der Waals surface area contributed by atoms with Crippen molar-refractivity contribution in [3.05, 3.63) is 53.6 Å². The molecule has 0 aromatic heterocycles. The minimum absolute atomic E-state index is 0.0632. The number of anilines is 2. The van der Waals surface area contributed by atoms with Crippen molar-refractivity contribution >= 4 is 23.7 Å². The van der Waals surface area contributed by atoms with Crippen LogP contribution < -0.4 is 20.9 Å². The molecule has 6 nitrogen and oxygen atoms in total. The van der Waals surface area contributed by atoms with Gasteiger partial charge in [-0.15, -0.1) is 0 Å². The molecule has 2 aromatic rings. The van der Waals surface area contributed by atoms with Crippen LogP contribution in [0.25, 0.3) is 0 Å². The molecular formula is C27H39N3O3. The molecule has 1 unspecified atom stereocenters. The average Bonchev–Trinajstić information content (AvgIpc) is 2.82. The van der Waals surface area contributed by atoms with E-state index in [4.69, 9.17) is 10.6 Å². The zero-order chi connectivity index (χ0) is 24.8. The van der Waals surface area contributed by atoms with Gasteiger partial charge in [0.2, 0.25) is 6.41 Å². The molecule has 0 saturated heterocycles. The molecule has 0 aliphatic carbocycles. The number of hydrogen-bond acceptors (Lipinski definition) is 4. The van der Waals surface area contributed by atoms with Crippen LogP contribution in [-0.2, 0) is 20.4 Å². The summed E-state index contributed by atoms with van der Waals surface area (Å²) < 4.78 is 6.31. The van der Waals surface area contributed by atoms with E-state index < -0.39 is 6.10 Å². The first-order valence-electron chi connectivity index (χ1n) is 11.7. The van der Waals surface area contributed by atoms with Gasteiger partial charge in [-0.05, 0) is 66.0 Å². The highest BCUT2D eigenvalue weighted by molar-refractivity contribution is 5.94. The van der Waals surface area contributed by atoms with Gasteiger partial charge in [0.1, 0.15) is 5.75 Å². The minimum atomic E-state index is -0.637. The molecular weight excluding hydrogens is 414 g/mol. The maximum absolute atomic E-state index is 13.0. The Bertz CT molecular complexity index is 952. The van der Waals surface area contributed by atoms with Crippen LogP contribution in [0.15, 0.2) is 42.5 Å². The lowest BCUT2D eigenvalue weighted by Gasteiger charge is -2.31. The van der Waals surface area contributed by atoms with Gasteiger partial charge in [0.05, 0.1) is 5.69 Å². The number of nitrogens with two attached hydrogens (primary N) is 1. The molecule has 33 heavy (non-hydrogen) atoms. The van der Waals surface area contributed by atoms with Gasteiger partial charge in [-0.1, -0.05) is 60.6 Å². The molecule has 2 amide bonds. The van der Waals surface area contributed by atoms with Gasteiger partial charge in [-0.3, -0.25) is 14.6 Å². The van der Waals surface area contributed by atoms with E-state index in [1.807, 2.05) is 13.0 Å². The first-order valence-corrected chi connectivity index (χ1v) is 11.7. The molecule has 0 radical (unpaired) electrons. The third kappa shape index (κ3) is 6.35. The number of hydrogen-bond donors (Lipinski definition) is 2. The second kappa shape index (κ2) is 10.8. The van der Waals surface area contributed by atoms with Gasteiger partial charge in [-0.25, -0.2) is 5.84 Å². The Hall–Kier alpha value is -2.86.